The highest BCUT2D eigenvalue weighted by Crippen LogP contribution is 2.32. The lowest BCUT2D eigenvalue weighted by Gasteiger charge is -2.27. The number of hydrogen-bond acceptors (Lipinski definition) is 6. The molecule has 0 bridgehead atoms. The zero-order valence-electron chi connectivity index (χ0n) is 15.8. The van der Waals surface area contributed by atoms with Crippen molar-refractivity contribution in [1.29, 1.82) is 0 Å². The molecule has 0 atom stereocenters. The molecule has 0 heterocycles. The van der Waals surface area contributed by atoms with E-state index in [0.29, 0.717) is 6.42 Å². The van der Waals surface area contributed by atoms with E-state index in [9.17, 15) is 14.4 Å². The lowest BCUT2D eigenvalue weighted by Crippen LogP contribution is -2.28. The molecule has 1 N–H and O–H groups in total. The van der Waals surface area contributed by atoms with Crippen molar-refractivity contribution in [2.24, 2.45) is 10.6 Å². The van der Waals surface area contributed by atoms with E-state index in [0.717, 1.165) is 18.2 Å². The topological polar surface area (TPSA) is 88.1 Å². The number of carbonyl (C=O) groups is 3. The molecule has 0 aromatic heterocycles. The summed E-state index contributed by atoms with van der Waals surface area (Å²) in [6.07, 6.45) is 4.52. The van der Waals surface area contributed by atoms with E-state index in [2.05, 4.69) is 29.2 Å². The minimum absolute atomic E-state index is 0. The average Bonchev–Trinajstić information content (AvgIpc) is 2.45. The van der Waals surface area contributed by atoms with Gasteiger partial charge in [-0.2, -0.15) is 0 Å². The molecule has 0 fully saturated rings. The summed E-state index contributed by atoms with van der Waals surface area (Å²) in [5, 5.41) is 5.74. The molecule has 0 spiro atoms. The zero-order valence-corrected chi connectivity index (χ0v) is 17.5. The number of hydrogen-bond donors (Lipinski definition) is 1. The minimum atomic E-state index is -0.705. The standard InChI is InChI=1S/C9H14O.C7H13N3O3S.ClH/c1-7-4-8(10)6-9(2,3)5-7;1-8-7(12)13-9-5(14-4)6(11)10(2)3;/h4H,5-6H2,1-3H3;1-4H3,(H,8,12);1H. The number of carbonyl (C=O) groups excluding carboxylic acids is 3. The van der Waals surface area contributed by atoms with Crippen LogP contribution in [0.25, 0.3) is 0 Å². The molecule has 2 amide bonds. The molecule has 7 nitrogen and oxygen atoms in total. The number of nitrogens with one attached hydrogen (secondary N) is 1. The van der Waals surface area contributed by atoms with Crippen LogP contribution in [0.3, 0.4) is 0 Å². The summed E-state index contributed by atoms with van der Waals surface area (Å²) in [7, 11) is 4.59. The van der Waals surface area contributed by atoms with E-state index < -0.39 is 6.09 Å². The first-order chi connectivity index (χ1) is 11.0. The van der Waals surface area contributed by atoms with E-state index in [4.69, 9.17) is 0 Å². The number of halogens is 1. The van der Waals surface area contributed by atoms with Crippen molar-refractivity contribution in [3.8, 4) is 0 Å². The molecule has 0 radical (unpaired) electrons. The first kappa shape index (κ1) is 25.7. The summed E-state index contributed by atoms with van der Waals surface area (Å²) in [5.41, 5.74) is 1.43. The summed E-state index contributed by atoms with van der Waals surface area (Å²) in [6, 6.07) is 0. The fraction of sp³-hybridized carbons (Fsp3) is 0.625. The van der Waals surface area contributed by atoms with E-state index in [1.165, 1.54) is 17.5 Å². The van der Waals surface area contributed by atoms with E-state index >= 15 is 0 Å². The quantitative estimate of drug-likeness (QED) is 0.320. The largest absolute Gasteiger partial charge is 0.433 e. The van der Waals surface area contributed by atoms with Crippen LogP contribution in [0.4, 0.5) is 4.79 Å². The third-order valence-electron chi connectivity index (χ3n) is 3.02. The summed E-state index contributed by atoms with van der Waals surface area (Å²) in [6.45, 7) is 6.31. The zero-order chi connectivity index (χ0) is 18.9. The van der Waals surface area contributed by atoms with Crippen LogP contribution in [0.15, 0.2) is 16.8 Å². The Morgan fingerprint density at radius 2 is 1.88 bits per heavy atom. The highest BCUT2D eigenvalue weighted by molar-refractivity contribution is 8.15. The predicted molar refractivity (Wildman–Crippen MR) is 104 cm³/mol. The second kappa shape index (κ2) is 11.9. The number of ketones is 1. The number of nitrogens with zero attached hydrogens (tertiary/aromatic N) is 2. The monoisotopic (exact) mass is 393 g/mol. The Morgan fingerprint density at radius 1 is 1.32 bits per heavy atom. The molecule has 0 unspecified atom stereocenters. The van der Waals surface area contributed by atoms with Crippen LogP contribution in [0, 0.1) is 5.41 Å². The average molecular weight is 394 g/mol. The van der Waals surface area contributed by atoms with Gasteiger partial charge in [0.05, 0.1) is 0 Å². The van der Waals surface area contributed by atoms with E-state index in [1.807, 2.05) is 6.92 Å². The first-order valence-electron chi connectivity index (χ1n) is 7.44. The van der Waals surface area contributed by atoms with Crippen LogP contribution < -0.4 is 5.32 Å². The fourth-order valence-corrected chi connectivity index (χ4v) is 2.62. The molecule has 0 saturated carbocycles. The summed E-state index contributed by atoms with van der Waals surface area (Å²) >= 11 is 1.11. The normalized spacial score (nSPS) is 15.7. The lowest BCUT2D eigenvalue weighted by molar-refractivity contribution is -0.121. The number of rotatable bonds is 1. The molecule has 0 aliphatic heterocycles. The van der Waals surface area contributed by atoms with Gasteiger partial charge >= 0.3 is 6.09 Å². The molecule has 9 heteroatoms. The number of oxime groups is 1. The first-order valence-corrected chi connectivity index (χ1v) is 8.67. The van der Waals surface area contributed by atoms with Crippen molar-refractivity contribution in [3.63, 3.8) is 0 Å². The van der Waals surface area contributed by atoms with Gasteiger partial charge in [-0.15, -0.1) is 24.2 Å². The Kier molecular flexibility index (Phi) is 12.3. The SMILES string of the molecule is CC1=CC(=O)CC(C)(C)C1.CNC(=O)ON=C(SC)C(=O)N(C)C.Cl. The van der Waals surface area contributed by atoms with Gasteiger partial charge in [0.15, 0.2) is 5.78 Å². The molecular formula is C16H28ClN3O4S. The van der Waals surface area contributed by atoms with Gasteiger partial charge in [-0.1, -0.05) is 24.6 Å². The Morgan fingerprint density at radius 3 is 2.24 bits per heavy atom. The highest BCUT2D eigenvalue weighted by atomic mass is 35.5. The Balaban J connectivity index is 0. The second-order valence-corrected chi connectivity index (χ2v) is 7.20. The minimum Gasteiger partial charge on any atom is -0.343 e. The lowest BCUT2D eigenvalue weighted by atomic mass is 9.77. The molecule has 0 saturated heterocycles. The third kappa shape index (κ3) is 10.8. The summed E-state index contributed by atoms with van der Waals surface area (Å²) in [5.74, 6) is -0.0184. The van der Waals surface area contributed by atoms with Gasteiger partial charge in [-0.3, -0.25) is 14.4 Å². The van der Waals surface area contributed by atoms with E-state index in [1.54, 1.807) is 26.4 Å². The van der Waals surface area contributed by atoms with Crippen LogP contribution in [0.5, 0.6) is 0 Å². The molecule has 0 aromatic carbocycles. The van der Waals surface area contributed by atoms with Gasteiger partial charge in [0.1, 0.15) is 0 Å². The van der Waals surface area contributed by atoms with Crippen molar-refractivity contribution in [2.45, 2.75) is 33.6 Å². The van der Waals surface area contributed by atoms with Gasteiger partial charge in [0.2, 0.25) is 5.04 Å². The van der Waals surface area contributed by atoms with Gasteiger partial charge in [-0.05, 0) is 31.1 Å². The molecular weight excluding hydrogens is 366 g/mol. The van der Waals surface area contributed by atoms with Crippen molar-refractivity contribution >= 4 is 47.0 Å². The van der Waals surface area contributed by atoms with Crippen molar-refractivity contribution in [2.75, 3.05) is 27.4 Å². The number of thioether (sulfide) groups is 1. The van der Waals surface area contributed by atoms with Crippen molar-refractivity contribution in [3.05, 3.63) is 11.6 Å². The third-order valence-corrected chi connectivity index (χ3v) is 3.65. The molecule has 144 valence electrons. The molecule has 1 aliphatic rings. The van der Waals surface area contributed by atoms with Gasteiger partial charge in [0.25, 0.3) is 5.91 Å². The molecule has 1 aliphatic carbocycles. The van der Waals surface area contributed by atoms with Crippen LogP contribution in [0.1, 0.15) is 33.6 Å². The maximum absolute atomic E-state index is 11.3. The Hall–Kier alpha value is -1.54. The van der Waals surface area contributed by atoms with Crippen LogP contribution in [-0.4, -0.2) is 55.1 Å². The van der Waals surface area contributed by atoms with Gasteiger partial charge in [0, 0.05) is 27.6 Å². The molecule has 25 heavy (non-hydrogen) atoms. The maximum atomic E-state index is 11.3. The van der Waals surface area contributed by atoms with E-state index in [-0.39, 0.29) is 34.6 Å². The Bertz CT molecular complexity index is 545. The molecule has 1 rings (SSSR count). The predicted octanol–water partition coefficient (Wildman–Crippen LogP) is 2.85. The highest BCUT2D eigenvalue weighted by Gasteiger charge is 2.25. The smallest absolute Gasteiger partial charge is 0.343 e. The van der Waals surface area contributed by atoms with Crippen LogP contribution >= 0.6 is 24.2 Å². The number of allylic oxidation sites excluding steroid dienone is 2. The summed E-state index contributed by atoms with van der Waals surface area (Å²) < 4.78 is 0. The number of amides is 2. The maximum Gasteiger partial charge on any atom is 0.433 e. The van der Waals surface area contributed by atoms with Crippen LogP contribution in [0.2, 0.25) is 0 Å². The van der Waals surface area contributed by atoms with Gasteiger partial charge in [-0.25, -0.2) is 4.79 Å². The van der Waals surface area contributed by atoms with Crippen molar-refractivity contribution < 1.29 is 19.2 Å². The van der Waals surface area contributed by atoms with Crippen LogP contribution in [-0.2, 0) is 14.4 Å². The van der Waals surface area contributed by atoms with Crippen molar-refractivity contribution in [1.82, 2.24) is 10.2 Å². The fourth-order valence-electron chi connectivity index (χ4n) is 2.15. The summed E-state index contributed by atoms with van der Waals surface area (Å²) in [4.78, 5) is 38.7. The Labute approximate surface area is 160 Å². The van der Waals surface area contributed by atoms with Gasteiger partial charge < -0.3 is 10.2 Å². The molecule has 0 aromatic rings. The second-order valence-electron chi connectivity index (χ2n) is 6.40.